The topological polar surface area (TPSA) is 42.7 Å². The Hall–Kier alpha value is -1.20. The summed E-state index contributed by atoms with van der Waals surface area (Å²) in [5.41, 5.74) is 4.58. The van der Waals surface area contributed by atoms with Crippen LogP contribution in [0.15, 0.2) is 16.7 Å². The monoisotopic (exact) mass is 336 g/mol. The molecule has 0 bridgehead atoms. The van der Waals surface area contributed by atoms with Crippen molar-refractivity contribution >= 4 is 15.9 Å². The molecule has 20 heavy (non-hydrogen) atoms. The van der Waals surface area contributed by atoms with Gasteiger partial charge in [0.25, 0.3) is 0 Å². The largest absolute Gasteiger partial charge is 0.313 e. The number of nitrogens with zero attached hydrogens (tertiary/aromatic N) is 3. The van der Waals surface area contributed by atoms with E-state index >= 15 is 0 Å². The lowest BCUT2D eigenvalue weighted by molar-refractivity contribution is 0.664. The first-order valence-electron chi connectivity index (χ1n) is 6.93. The van der Waals surface area contributed by atoms with E-state index in [9.17, 15) is 0 Å². The first-order valence-corrected chi connectivity index (χ1v) is 7.72. The summed E-state index contributed by atoms with van der Waals surface area (Å²) >= 11 is 3.50. The Morgan fingerprint density at radius 2 is 2.05 bits per heavy atom. The molecule has 2 rings (SSSR count). The van der Waals surface area contributed by atoms with Crippen LogP contribution in [0.25, 0.3) is 5.82 Å². The second kappa shape index (κ2) is 6.50. The summed E-state index contributed by atoms with van der Waals surface area (Å²) in [7, 11) is 0. The van der Waals surface area contributed by atoms with Crippen molar-refractivity contribution < 1.29 is 0 Å². The summed E-state index contributed by atoms with van der Waals surface area (Å²) < 4.78 is 2.94. The summed E-state index contributed by atoms with van der Waals surface area (Å²) in [6.45, 7) is 10.2. The van der Waals surface area contributed by atoms with E-state index in [1.54, 1.807) is 0 Å². The summed E-state index contributed by atoms with van der Waals surface area (Å²) in [6.07, 6.45) is 2.94. The normalized spacial score (nSPS) is 11.1. The van der Waals surface area contributed by atoms with Crippen LogP contribution >= 0.6 is 15.9 Å². The van der Waals surface area contributed by atoms with Crippen molar-refractivity contribution in [3.05, 3.63) is 39.3 Å². The second-order valence-electron chi connectivity index (χ2n) is 5.02. The van der Waals surface area contributed by atoms with Crippen molar-refractivity contribution in [2.45, 2.75) is 40.7 Å². The summed E-state index contributed by atoms with van der Waals surface area (Å²) in [5.74, 6) is 0.908. The Balaban J connectivity index is 2.42. The highest BCUT2D eigenvalue weighted by atomic mass is 79.9. The van der Waals surface area contributed by atoms with E-state index in [-0.39, 0.29) is 0 Å². The molecule has 5 heteroatoms. The zero-order valence-corrected chi connectivity index (χ0v) is 14.1. The summed E-state index contributed by atoms with van der Waals surface area (Å²) in [6, 6.07) is 2.11. The molecule has 2 heterocycles. The fourth-order valence-electron chi connectivity index (χ4n) is 2.12. The number of hydrogen-bond acceptors (Lipinski definition) is 3. The van der Waals surface area contributed by atoms with Gasteiger partial charge in [-0.3, -0.25) is 0 Å². The molecule has 0 aliphatic rings. The fraction of sp³-hybridized carbons (Fsp3) is 0.467. The highest BCUT2D eigenvalue weighted by molar-refractivity contribution is 9.10. The Bertz CT molecular complexity index is 604. The van der Waals surface area contributed by atoms with Crippen molar-refractivity contribution in [3.8, 4) is 5.82 Å². The third-order valence-electron chi connectivity index (χ3n) is 3.51. The van der Waals surface area contributed by atoms with Gasteiger partial charge in [0.2, 0.25) is 0 Å². The minimum atomic E-state index is 0.799. The molecule has 0 radical (unpaired) electrons. The Morgan fingerprint density at radius 3 is 2.65 bits per heavy atom. The number of pyridine rings is 1. The minimum Gasteiger partial charge on any atom is -0.313 e. The van der Waals surface area contributed by atoms with Crippen LogP contribution in [0.2, 0.25) is 0 Å². The van der Waals surface area contributed by atoms with E-state index < -0.39 is 0 Å². The molecule has 4 nitrogen and oxygen atoms in total. The zero-order chi connectivity index (χ0) is 14.7. The molecule has 0 saturated heterocycles. The third-order valence-corrected chi connectivity index (χ3v) is 3.94. The molecule has 0 saturated carbocycles. The van der Waals surface area contributed by atoms with Crippen LogP contribution in [0.3, 0.4) is 0 Å². The molecule has 0 atom stereocenters. The van der Waals surface area contributed by atoms with Crippen LogP contribution in [0.5, 0.6) is 0 Å². The Kier molecular flexibility index (Phi) is 4.94. The predicted molar refractivity (Wildman–Crippen MR) is 85.3 cm³/mol. The van der Waals surface area contributed by atoms with Crippen LogP contribution in [0.1, 0.15) is 35.9 Å². The lowest BCUT2D eigenvalue weighted by atomic mass is 10.2. The van der Waals surface area contributed by atoms with Gasteiger partial charge in [-0.1, -0.05) is 6.92 Å². The SMILES string of the molecule is CCCNCc1cc(Br)cnc1-n1nc(C)c(C)c1C. The minimum absolute atomic E-state index is 0.799. The molecule has 0 fully saturated rings. The Morgan fingerprint density at radius 1 is 1.30 bits per heavy atom. The summed E-state index contributed by atoms with van der Waals surface area (Å²) in [4.78, 5) is 4.56. The second-order valence-corrected chi connectivity index (χ2v) is 5.94. The predicted octanol–water partition coefficient (Wildman–Crippen LogP) is 3.45. The van der Waals surface area contributed by atoms with Gasteiger partial charge in [0.05, 0.1) is 5.69 Å². The van der Waals surface area contributed by atoms with E-state index in [0.29, 0.717) is 0 Å². The van der Waals surface area contributed by atoms with Gasteiger partial charge in [0.15, 0.2) is 5.82 Å². The van der Waals surface area contributed by atoms with Crippen molar-refractivity contribution in [2.75, 3.05) is 6.54 Å². The van der Waals surface area contributed by atoms with E-state index in [0.717, 1.165) is 46.8 Å². The average Bonchev–Trinajstić information content (AvgIpc) is 2.67. The van der Waals surface area contributed by atoms with Crippen LogP contribution in [0.4, 0.5) is 0 Å². The average molecular weight is 337 g/mol. The molecular weight excluding hydrogens is 316 g/mol. The molecule has 1 N–H and O–H groups in total. The van der Waals surface area contributed by atoms with Crippen molar-refractivity contribution in [2.24, 2.45) is 0 Å². The maximum atomic E-state index is 4.61. The van der Waals surface area contributed by atoms with E-state index in [2.05, 4.69) is 58.2 Å². The van der Waals surface area contributed by atoms with Gasteiger partial charge < -0.3 is 5.32 Å². The highest BCUT2D eigenvalue weighted by Crippen LogP contribution is 2.21. The fourth-order valence-corrected chi connectivity index (χ4v) is 2.50. The van der Waals surface area contributed by atoms with Crippen LogP contribution < -0.4 is 5.32 Å². The van der Waals surface area contributed by atoms with Crippen LogP contribution in [0, 0.1) is 20.8 Å². The lowest BCUT2D eigenvalue weighted by Crippen LogP contribution is -2.17. The molecule has 108 valence electrons. The first kappa shape index (κ1) is 15.2. The Labute approximate surface area is 128 Å². The molecule has 0 unspecified atom stereocenters. The first-order chi connectivity index (χ1) is 9.54. The number of aromatic nitrogens is 3. The van der Waals surface area contributed by atoms with Crippen molar-refractivity contribution in [3.63, 3.8) is 0 Å². The number of aryl methyl sites for hydroxylation is 1. The van der Waals surface area contributed by atoms with Crippen LogP contribution in [-0.2, 0) is 6.54 Å². The molecule has 2 aromatic rings. The quantitative estimate of drug-likeness (QED) is 0.850. The van der Waals surface area contributed by atoms with Gasteiger partial charge in [0, 0.05) is 28.5 Å². The van der Waals surface area contributed by atoms with Gasteiger partial charge >= 0.3 is 0 Å². The van der Waals surface area contributed by atoms with Crippen LogP contribution in [-0.4, -0.2) is 21.3 Å². The standard InChI is InChI=1S/C15H21BrN4/c1-5-6-17-8-13-7-14(16)9-18-15(13)20-12(4)10(2)11(3)19-20/h7,9,17H,5-6,8H2,1-4H3. The lowest BCUT2D eigenvalue weighted by Gasteiger charge is -2.11. The summed E-state index contributed by atoms with van der Waals surface area (Å²) in [5, 5.41) is 8.04. The molecule has 0 aliphatic carbocycles. The van der Waals surface area contributed by atoms with Gasteiger partial charge in [-0.25, -0.2) is 9.67 Å². The number of halogens is 1. The third kappa shape index (κ3) is 3.10. The maximum absolute atomic E-state index is 4.61. The van der Waals surface area contributed by atoms with Gasteiger partial charge in [-0.15, -0.1) is 0 Å². The number of rotatable bonds is 5. The highest BCUT2D eigenvalue weighted by Gasteiger charge is 2.13. The smallest absolute Gasteiger partial charge is 0.158 e. The van der Waals surface area contributed by atoms with E-state index in [1.807, 2.05) is 17.8 Å². The van der Waals surface area contributed by atoms with Crippen molar-refractivity contribution in [1.82, 2.24) is 20.1 Å². The van der Waals surface area contributed by atoms with E-state index in [1.165, 1.54) is 5.56 Å². The maximum Gasteiger partial charge on any atom is 0.158 e. The number of nitrogens with one attached hydrogen (secondary N) is 1. The molecule has 0 aliphatic heterocycles. The van der Waals surface area contributed by atoms with E-state index in [4.69, 9.17) is 0 Å². The van der Waals surface area contributed by atoms with Gasteiger partial charge in [0.1, 0.15) is 0 Å². The zero-order valence-electron chi connectivity index (χ0n) is 12.5. The molecule has 0 spiro atoms. The van der Waals surface area contributed by atoms with Gasteiger partial charge in [-0.2, -0.15) is 5.10 Å². The molecule has 0 aromatic carbocycles. The molecule has 0 amide bonds. The molecule has 2 aromatic heterocycles. The van der Waals surface area contributed by atoms with Gasteiger partial charge in [-0.05, 0) is 61.3 Å². The number of hydrogen-bond donors (Lipinski definition) is 1. The van der Waals surface area contributed by atoms with Crippen molar-refractivity contribution in [1.29, 1.82) is 0 Å². The molecular formula is C15H21BrN4.